The lowest BCUT2D eigenvalue weighted by molar-refractivity contribution is -0.139. The first kappa shape index (κ1) is 17.5. The Bertz CT molecular complexity index is 819. The smallest absolute Gasteiger partial charge is 0.407 e. The number of fused-ring (bicyclic) bond motifs is 3. The number of primary amides is 1. The highest BCUT2D eigenvalue weighted by molar-refractivity contribution is 5.88. The molecular weight excluding hydrogens is 336 g/mol. The van der Waals surface area contributed by atoms with E-state index in [-0.39, 0.29) is 12.5 Å². The lowest BCUT2D eigenvalue weighted by Crippen LogP contribution is -2.46. The summed E-state index contributed by atoms with van der Waals surface area (Å²) in [6.07, 6.45) is -1.48. The molecule has 7 heteroatoms. The van der Waals surface area contributed by atoms with Gasteiger partial charge in [0.15, 0.2) is 0 Å². The van der Waals surface area contributed by atoms with Crippen LogP contribution in [-0.4, -0.2) is 35.7 Å². The Morgan fingerprint density at radius 2 is 1.58 bits per heavy atom. The average Bonchev–Trinajstić information content (AvgIpc) is 2.93. The van der Waals surface area contributed by atoms with Crippen molar-refractivity contribution in [2.75, 3.05) is 6.61 Å². The van der Waals surface area contributed by atoms with Gasteiger partial charge in [-0.2, -0.15) is 0 Å². The van der Waals surface area contributed by atoms with Crippen molar-refractivity contribution in [2.45, 2.75) is 18.4 Å². The summed E-state index contributed by atoms with van der Waals surface area (Å²) in [6, 6.07) is 14.4. The Morgan fingerprint density at radius 1 is 1.04 bits per heavy atom. The van der Waals surface area contributed by atoms with E-state index in [1.165, 1.54) is 0 Å². The van der Waals surface area contributed by atoms with Crippen molar-refractivity contribution in [1.82, 2.24) is 5.32 Å². The van der Waals surface area contributed by atoms with Gasteiger partial charge in [-0.1, -0.05) is 48.5 Å². The highest BCUT2D eigenvalue weighted by Gasteiger charge is 2.29. The van der Waals surface area contributed by atoms with Crippen LogP contribution in [-0.2, 0) is 14.3 Å². The van der Waals surface area contributed by atoms with E-state index in [1.807, 2.05) is 48.5 Å². The summed E-state index contributed by atoms with van der Waals surface area (Å²) in [5.41, 5.74) is 9.40. The summed E-state index contributed by atoms with van der Waals surface area (Å²) in [5, 5.41) is 11.0. The van der Waals surface area contributed by atoms with Gasteiger partial charge >= 0.3 is 12.1 Å². The summed E-state index contributed by atoms with van der Waals surface area (Å²) in [7, 11) is 0. The van der Waals surface area contributed by atoms with E-state index in [9.17, 15) is 14.4 Å². The molecule has 1 unspecified atom stereocenters. The van der Waals surface area contributed by atoms with Crippen LogP contribution in [0.2, 0.25) is 0 Å². The summed E-state index contributed by atoms with van der Waals surface area (Å²) < 4.78 is 5.25. The average molecular weight is 354 g/mol. The molecule has 4 N–H and O–H groups in total. The second-order valence-corrected chi connectivity index (χ2v) is 6.02. The maximum atomic E-state index is 12.0. The molecule has 0 aliphatic heterocycles. The van der Waals surface area contributed by atoms with E-state index in [4.69, 9.17) is 15.6 Å². The van der Waals surface area contributed by atoms with Gasteiger partial charge in [0.2, 0.25) is 5.91 Å². The van der Waals surface area contributed by atoms with E-state index < -0.39 is 30.4 Å². The molecule has 0 bridgehead atoms. The molecule has 0 fully saturated rings. The molecule has 0 saturated carbocycles. The lowest BCUT2D eigenvalue weighted by Gasteiger charge is -2.17. The highest BCUT2D eigenvalue weighted by Crippen LogP contribution is 2.44. The molecule has 1 aliphatic carbocycles. The molecule has 1 aliphatic rings. The van der Waals surface area contributed by atoms with Crippen LogP contribution in [0.5, 0.6) is 0 Å². The number of hydrogen-bond acceptors (Lipinski definition) is 4. The van der Waals surface area contributed by atoms with Gasteiger partial charge in [0.05, 0.1) is 6.42 Å². The number of carboxylic acid groups (broad SMARTS) is 1. The Hall–Kier alpha value is -3.35. The SMILES string of the molecule is NC(=O)C(CC(=O)O)NC(=O)OCC1c2ccccc2-c2ccccc21. The summed E-state index contributed by atoms with van der Waals surface area (Å²) >= 11 is 0. The van der Waals surface area contributed by atoms with Gasteiger partial charge < -0.3 is 20.9 Å². The van der Waals surface area contributed by atoms with Crippen molar-refractivity contribution in [3.63, 3.8) is 0 Å². The molecule has 2 aromatic rings. The van der Waals surface area contributed by atoms with E-state index >= 15 is 0 Å². The Labute approximate surface area is 149 Å². The molecule has 7 nitrogen and oxygen atoms in total. The Balaban J connectivity index is 1.71. The quantitative estimate of drug-likeness (QED) is 0.731. The van der Waals surface area contributed by atoms with Gasteiger partial charge in [-0.05, 0) is 22.3 Å². The predicted molar refractivity (Wildman–Crippen MR) is 93.4 cm³/mol. The van der Waals surface area contributed by atoms with Crippen LogP contribution in [0.25, 0.3) is 11.1 Å². The number of alkyl carbamates (subject to hydrolysis) is 1. The number of nitrogens with one attached hydrogen (secondary N) is 1. The van der Waals surface area contributed by atoms with Crippen LogP contribution in [0.3, 0.4) is 0 Å². The van der Waals surface area contributed by atoms with Gasteiger partial charge in [-0.15, -0.1) is 0 Å². The summed E-state index contributed by atoms with van der Waals surface area (Å²) in [6.45, 7) is 0.0679. The van der Waals surface area contributed by atoms with Crippen molar-refractivity contribution in [3.05, 3.63) is 59.7 Å². The maximum absolute atomic E-state index is 12.0. The second kappa shape index (κ2) is 7.26. The van der Waals surface area contributed by atoms with Crippen molar-refractivity contribution in [1.29, 1.82) is 0 Å². The third kappa shape index (κ3) is 3.51. The molecule has 2 amide bonds. The number of amides is 2. The van der Waals surface area contributed by atoms with Crippen LogP contribution in [0.15, 0.2) is 48.5 Å². The monoisotopic (exact) mass is 354 g/mol. The maximum Gasteiger partial charge on any atom is 0.407 e. The third-order valence-corrected chi connectivity index (χ3v) is 4.36. The second-order valence-electron chi connectivity index (χ2n) is 6.02. The van der Waals surface area contributed by atoms with E-state index in [0.29, 0.717) is 0 Å². The minimum absolute atomic E-state index is 0.0679. The van der Waals surface area contributed by atoms with E-state index in [0.717, 1.165) is 22.3 Å². The first-order chi connectivity index (χ1) is 12.5. The van der Waals surface area contributed by atoms with Crippen LogP contribution in [0.4, 0.5) is 4.79 Å². The molecule has 26 heavy (non-hydrogen) atoms. The van der Waals surface area contributed by atoms with Crippen LogP contribution in [0, 0.1) is 0 Å². The Morgan fingerprint density at radius 3 is 2.08 bits per heavy atom. The fourth-order valence-corrected chi connectivity index (χ4v) is 3.18. The first-order valence-corrected chi connectivity index (χ1v) is 8.10. The zero-order valence-electron chi connectivity index (χ0n) is 13.8. The molecule has 2 aromatic carbocycles. The van der Waals surface area contributed by atoms with E-state index in [1.54, 1.807) is 0 Å². The molecular formula is C19H18N2O5. The standard InChI is InChI=1S/C19H18N2O5/c20-18(24)16(9-17(22)23)21-19(25)26-10-15-13-7-3-1-5-11(13)12-6-2-4-8-14(12)15/h1-8,15-16H,9-10H2,(H2,20,24)(H,21,25)(H,22,23). The zero-order chi connectivity index (χ0) is 18.7. The number of aliphatic carboxylic acids is 1. The number of carbonyl (C=O) groups excluding carboxylic acids is 2. The van der Waals surface area contributed by atoms with Gasteiger partial charge in [0, 0.05) is 5.92 Å². The predicted octanol–water partition coefficient (Wildman–Crippen LogP) is 1.85. The highest BCUT2D eigenvalue weighted by atomic mass is 16.5. The fraction of sp³-hybridized carbons (Fsp3) is 0.211. The molecule has 0 spiro atoms. The van der Waals surface area contributed by atoms with Crippen molar-refractivity contribution in [2.24, 2.45) is 5.73 Å². The van der Waals surface area contributed by atoms with Gasteiger partial charge in [0.25, 0.3) is 0 Å². The number of nitrogens with two attached hydrogens (primary N) is 1. The van der Waals surface area contributed by atoms with Crippen LogP contribution >= 0.6 is 0 Å². The van der Waals surface area contributed by atoms with Gasteiger partial charge in [-0.25, -0.2) is 4.79 Å². The number of carboxylic acids is 1. The largest absolute Gasteiger partial charge is 0.481 e. The lowest BCUT2D eigenvalue weighted by atomic mass is 9.98. The summed E-state index contributed by atoms with van der Waals surface area (Å²) in [5.74, 6) is -2.30. The zero-order valence-corrected chi connectivity index (χ0v) is 13.8. The first-order valence-electron chi connectivity index (χ1n) is 8.10. The fourth-order valence-electron chi connectivity index (χ4n) is 3.18. The molecule has 134 valence electrons. The molecule has 0 heterocycles. The van der Waals surface area contributed by atoms with Crippen molar-refractivity contribution < 1.29 is 24.2 Å². The molecule has 0 aromatic heterocycles. The molecule has 1 atom stereocenters. The topological polar surface area (TPSA) is 119 Å². The molecule has 0 radical (unpaired) electrons. The molecule has 0 saturated heterocycles. The normalized spacial score (nSPS) is 13.4. The van der Waals surface area contributed by atoms with Crippen molar-refractivity contribution in [3.8, 4) is 11.1 Å². The number of rotatable bonds is 6. The van der Waals surface area contributed by atoms with Gasteiger partial charge in [-0.3, -0.25) is 9.59 Å². The minimum atomic E-state index is -1.32. The summed E-state index contributed by atoms with van der Waals surface area (Å²) in [4.78, 5) is 34.0. The number of hydrogen-bond donors (Lipinski definition) is 3. The number of ether oxygens (including phenoxy) is 1. The number of carbonyl (C=O) groups is 3. The Kier molecular flexibility index (Phi) is 4.88. The van der Waals surface area contributed by atoms with Crippen LogP contribution in [0.1, 0.15) is 23.5 Å². The minimum Gasteiger partial charge on any atom is -0.481 e. The van der Waals surface area contributed by atoms with Crippen molar-refractivity contribution >= 4 is 18.0 Å². The van der Waals surface area contributed by atoms with Gasteiger partial charge in [0.1, 0.15) is 12.6 Å². The van der Waals surface area contributed by atoms with Crippen LogP contribution < -0.4 is 11.1 Å². The molecule has 3 rings (SSSR count). The number of benzene rings is 2. The van der Waals surface area contributed by atoms with E-state index in [2.05, 4.69) is 5.32 Å². The third-order valence-electron chi connectivity index (χ3n) is 4.36.